The van der Waals surface area contributed by atoms with E-state index in [1.807, 2.05) is 16.9 Å². The predicted molar refractivity (Wildman–Crippen MR) is 60.9 cm³/mol. The number of fused-ring (bicyclic) bond motifs is 1. The molecule has 3 heterocycles. The molecule has 0 amide bonds. The van der Waals surface area contributed by atoms with Crippen LogP contribution in [0.15, 0.2) is 18.5 Å². The first-order valence-electron chi connectivity index (χ1n) is 5.48. The third-order valence-corrected chi connectivity index (χ3v) is 2.95. The molecule has 2 N–H and O–H groups in total. The van der Waals surface area contributed by atoms with Crippen molar-refractivity contribution in [2.45, 2.75) is 13.0 Å². The quantitative estimate of drug-likeness (QED) is 0.818. The van der Waals surface area contributed by atoms with Gasteiger partial charge in [0.2, 0.25) is 0 Å². The second-order valence-corrected chi connectivity index (χ2v) is 4.24. The zero-order valence-corrected chi connectivity index (χ0v) is 8.97. The third kappa shape index (κ3) is 1.63. The number of pyridine rings is 1. The van der Waals surface area contributed by atoms with Gasteiger partial charge in [-0.3, -0.25) is 0 Å². The van der Waals surface area contributed by atoms with Crippen LogP contribution in [0.2, 0.25) is 0 Å². The summed E-state index contributed by atoms with van der Waals surface area (Å²) < 4.78 is 7.29. The Kier molecular flexibility index (Phi) is 2.25. The zero-order chi connectivity index (χ0) is 11.0. The lowest BCUT2D eigenvalue weighted by atomic mass is 10.1. The largest absolute Gasteiger partial charge is 0.397 e. The number of anilines is 1. The van der Waals surface area contributed by atoms with Gasteiger partial charge < -0.3 is 10.5 Å². The number of hydrogen-bond donors (Lipinski definition) is 1. The number of nitrogen functional groups attached to an aromatic ring is 1. The Hall–Kier alpha value is -1.62. The highest BCUT2D eigenvalue weighted by Crippen LogP contribution is 2.18. The Morgan fingerprint density at radius 1 is 1.50 bits per heavy atom. The maximum atomic E-state index is 5.68. The summed E-state index contributed by atoms with van der Waals surface area (Å²) in [4.78, 5) is 4.32. The van der Waals surface area contributed by atoms with Crippen LogP contribution in [0.5, 0.6) is 0 Å². The molecule has 0 saturated carbocycles. The molecule has 0 radical (unpaired) electrons. The summed E-state index contributed by atoms with van der Waals surface area (Å²) in [5.41, 5.74) is 7.26. The summed E-state index contributed by atoms with van der Waals surface area (Å²) in [5.74, 6) is 0.558. The van der Waals surface area contributed by atoms with Crippen LogP contribution < -0.4 is 5.73 Å². The Morgan fingerprint density at radius 2 is 2.44 bits per heavy atom. The summed E-state index contributed by atoms with van der Waals surface area (Å²) in [6, 6.07) is 1.90. The number of nitrogens with zero attached hydrogens (tertiary/aromatic N) is 3. The number of aromatic nitrogens is 3. The van der Waals surface area contributed by atoms with Crippen molar-refractivity contribution in [2.24, 2.45) is 5.92 Å². The minimum absolute atomic E-state index is 0.558. The van der Waals surface area contributed by atoms with Crippen LogP contribution in [-0.2, 0) is 11.3 Å². The van der Waals surface area contributed by atoms with Gasteiger partial charge in [-0.25, -0.2) is 9.67 Å². The SMILES string of the molecule is Nc1cnc2c(cnn2CC2CCOC2)c1. The van der Waals surface area contributed by atoms with E-state index in [1.165, 1.54) is 0 Å². The first kappa shape index (κ1) is 9.59. The zero-order valence-electron chi connectivity index (χ0n) is 8.97. The first-order chi connectivity index (χ1) is 7.83. The van der Waals surface area contributed by atoms with Crippen LogP contribution in [-0.4, -0.2) is 28.0 Å². The monoisotopic (exact) mass is 218 g/mol. The van der Waals surface area contributed by atoms with Crippen molar-refractivity contribution < 1.29 is 4.74 Å². The molecule has 1 unspecified atom stereocenters. The fourth-order valence-corrected chi connectivity index (χ4v) is 2.09. The number of nitrogens with two attached hydrogens (primary N) is 1. The number of rotatable bonds is 2. The van der Waals surface area contributed by atoms with Crippen molar-refractivity contribution in [3.05, 3.63) is 18.5 Å². The van der Waals surface area contributed by atoms with Gasteiger partial charge in [0.25, 0.3) is 0 Å². The van der Waals surface area contributed by atoms with Crippen molar-refractivity contribution in [1.82, 2.24) is 14.8 Å². The molecule has 5 heteroatoms. The van der Waals surface area contributed by atoms with Gasteiger partial charge >= 0.3 is 0 Å². The minimum atomic E-state index is 0.558. The van der Waals surface area contributed by atoms with E-state index in [1.54, 1.807) is 6.20 Å². The Labute approximate surface area is 93.2 Å². The van der Waals surface area contributed by atoms with Crippen molar-refractivity contribution >= 4 is 16.7 Å². The molecule has 5 nitrogen and oxygen atoms in total. The van der Waals surface area contributed by atoms with Crippen LogP contribution >= 0.6 is 0 Å². The summed E-state index contributed by atoms with van der Waals surface area (Å²) in [6.07, 6.45) is 4.59. The maximum absolute atomic E-state index is 5.68. The second-order valence-electron chi connectivity index (χ2n) is 4.24. The topological polar surface area (TPSA) is 66.0 Å². The molecule has 0 aromatic carbocycles. The smallest absolute Gasteiger partial charge is 0.157 e. The molecule has 16 heavy (non-hydrogen) atoms. The van der Waals surface area contributed by atoms with E-state index in [9.17, 15) is 0 Å². The van der Waals surface area contributed by atoms with E-state index in [4.69, 9.17) is 10.5 Å². The Balaban J connectivity index is 1.91. The van der Waals surface area contributed by atoms with Gasteiger partial charge in [-0.1, -0.05) is 0 Å². The number of hydrogen-bond acceptors (Lipinski definition) is 4. The molecule has 1 aliphatic heterocycles. The highest BCUT2D eigenvalue weighted by Gasteiger charge is 2.17. The third-order valence-electron chi connectivity index (χ3n) is 2.95. The molecule has 0 bridgehead atoms. The molecule has 2 aromatic rings. The average molecular weight is 218 g/mol. The van der Waals surface area contributed by atoms with Gasteiger partial charge in [-0.15, -0.1) is 0 Å². The van der Waals surface area contributed by atoms with Crippen LogP contribution in [0.25, 0.3) is 11.0 Å². The standard InChI is InChI=1S/C11H14N4O/c12-10-3-9-4-14-15(11(9)13-5-10)6-8-1-2-16-7-8/h3-5,8H,1-2,6-7,12H2. The van der Waals surface area contributed by atoms with Gasteiger partial charge in [-0.05, 0) is 12.5 Å². The van der Waals surface area contributed by atoms with E-state index >= 15 is 0 Å². The first-order valence-corrected chi connectivity index (χ1v) is 5.48. The van der Waals surface area contributed by atoms with E-state index in [0.717, 1.165) is 37.2 Å². The lowest BCUT2D eigenvalue weighted by Gasteiger charge is -2.07. The van der Waals surface area contributed by atoms with Crippen LogP contribution in [0.3, 0.4) is 0 Å². The van der Waals surface area contributed by atoms with Crippen LogP contribution in [0.1, 0.15) is 6.42 Å². The fraction of sp³-hybridized carbons (Fsp3) is 0.455. The lowest BCUT2D eigenvalue weighted by molar-refractivity contribution is 0.182. The Morgan fingerprint density at radius 3 is 3.25 bits per heavy atom. The van der Waals surface area contributed by atoms with Gasteiger partial charge in [0, 0.05) is 24.5 Å². The highest BCUT2D eigenvalue weighted by atomic mass is 16.5. The molecule has 0 aliphatic carbocycles. The van der Waals surface area contributed by atoms with Gasteiger partial charge in [0.1, 0.15) is 0 Å². The molecular weight excluding hydrogens is 204 g/mol. The maximum Gasteiger partial charge on any atom is 0.157 e. The predicted octanol–water partition coefficient (Wildman–Crippen LogP) is 1.05. The second kappa shape index (κ2) is 3.75. The molecule has 1 saturated heterocycles. The van der Waals surface area contributed by atoms with Crippen LogP contribution in [0, 0.1) is 5.92 Å². The molecule has 3 rings (SSSR count). The molecule has 2 aromatic heterocycles. The van der Waals surface area contributed by atoms with Crippen molar-refractivity contribution in [1.29, 1.82) is 0 Å². The van der Waals surface area contributed by atoms with Crippen molar-refractivity contribution in [2.75, 3.05) is 18.9 Å². The Bertz CT molecular complexity index is 502. The van der Waals surface area contributed by atoms with Gasteiger partial charge in [0.05, 0.1) is 24.7 Å². The van der Waals surface area contributed by atoms with Crippen molar-refractivity contribution in [3.8, 4) is 0 Å². The molecule has 1 fully saturated rings. The summed E-state index contributed by atoms with van der Waals surface area (Å²) in [7, 11) is 0. The summed E-state index contributed by atoms with van der Waals surface area (Å²) in [6.45, 7) is 2.57. The lowest BCUT2D eigenvalue weighted by Crippen LogP contribution is -2.12. The highest BCUT2D eigenvalue weighted by molar-refractivity contribution is 5.77. The normalized spacial score (nSPS) is 20.6. The summed E-state index contributed by atoms with van der Waals surface area (Å²) in [5, 5.41) is 5.34. The average Bonchev–Trinajstić information content (AvgIpc) is 2.89. The molecule has 1 aliphatic rings. The minimum Gasteiger partial charge on any atom is -0.397 e. The van der Waals surface area contributed by atoms with E-state index in [-0.39, 0.29) is 0 Å². The molecule has 1 atom stereocenters. The van der Waals surface area contributed by atoms with Crippen molar-refractivity contribution in [3.63, 3.8) is 0 Å². The number of ether oxygens (including phenoxy) is 1. The molecular formula is C11H14N4O. The van der Waals surface area contributed by atoms with E-state index < -0.39 is 0 Å². The van der Waals surface area contributed by atoms with Crippen LogP contribution in [0.4, 0.5) is 5.69 Å². The van der Waals surface area contributed by atoms with Gasteiger partial charge in [-0.2, -0.15) is 5.10 Å². The molecule has 0 spiro atoms. The molecule has 84 valence electrons. The van der Waals surface area contributed by atoms with E-state index in [0.29, 0.717) is 11.6 Å². The van der Waals surface area contributed by atoms with E-state index in [2.05, 4.69) is 10.1 Å². The van der Waals surface area contributed by atoms with Gasteiger partial charge in [0.15, 0.2) is 5.65 Å². The summed E-state index contributed by atoms with van der Waals surface area (Å²) >= 11 is 0. The fourth-order valence-electron chi connectivity index (χ4n) is 2.09.